The highest BCUT2D eigenvalue weighted by atomic mass is 16.5. The molecule has 1 unspecified atom stereocenters. The Morgan fingerprint density at radius 2 is 2.07 bits per heavy atom. The summed E-state index contributed by atoms with van der Waals surface area (Å²) in [5.74, 6) is 1.96. The van der Waals surface area contributed by atoms with E-state index in [1.54, 1.807) is 19.5 Å². The van der Waals surface area contributed by atoms with Crippen LogP contribution in [0.1, 0.15) is 49.6 Å². The Kier molecular flexibility index (Phi) is 6.37. The maximum Gasteiger partial charge on any atom is 0.249 e. The van der Waals surface area contributed by atoms with Gasteiger partial charge in [0, 0.05) is 30.9 Å². The second kappa shape index (κ2) is 9.52. The van der Waals surface area contributed by atoms with Crippen LogP contribution in [-0.4, -0.2) is 39.6 Å². The first-order valence-electron chi connectivity index (χ1n) is 10.4. The summed E-state index contributed by atoms with van der Waals surface area (Å²) >= 11 is 0. The van der Waals surface area contributed by atoms with Crippen molar-refractivity contribution < 1.29 is 14.1 Å². The summed E-state index contributed by atoms with van der Waals surface area (Å²) < 4.78 is 10.8. The van der Waals surface area contributed by atoms with Crippen LogP contribution in [0.15, 0.2) is 53.3 Å². The molecule has 1 saturated heterocycles. The Labute approximate surface area is 176 Å². The van der Waals surface area contributed by atoms with Crippen LogP contribution in [-0.2, 0) is 11.2 Å². The topological polar surface area (TPSA) is 81.4 Å². The quantitative estimate of drug-likeness (QED) is 0.610. The van der Waals surface area contributed by atoms with Gasteiger partial charge in [0.25, 0.3) is 0 Å². The molecule has 7 heteroatoms. The number of methoxy groups -OCH3 is 1. The van der Waals surface area contributed by atoms with Crippen molar-refractivity contribution in [3.8, 4) is 17.1 Å². The molecule has 0 aliphatic carbocycles. The van der Waals surface area contributed by atoms with Crippen LogP contribution in [0.3, 0.4) is 0 Å². The second-order valence-corrected chi connectivity index (χ2v) is 7.50. The van der Waals surface area contributed by atoms with Gasteiger partial charge in [-0.2, -0.15) is 4.98 Å². The van der Waals surface area contributed by atoms with Crippen molar-refractivity contribution in [1.29, 1.82) is 0 Å². The molecule has 156 valence electrons. The van der Waals surface area contributed by atoms with Crippen molar-refractivity contribution in [2.24, 2.45) is 0 Å². The SMILES string of the molecule is COc1ccc(CCC(=O)N2CCCCCC2c2nc(-c3cccnc3)no2)cc1. The lowest BCUT2D eigenvalue weighted by Gasteiger charge is -2.27. The molecule has 1 aromatic carbocycles. The van der Waals surface area contributed by atoms with Gasteiger partial charge in [-0.05, 0) is 49.1 Å². The van der Waals surface area contributed by atoms with Gasteiger partial charge in [-0.25, -0.2) is 0 Å². The second-order valence-electron chi connectivity index (χ2n) is 7.50. The minimum Gasteiger partial charge on any atom is -0.497 e. The van der Waals surface area contributed by atoms with E-state index in [1.807, 2.05) is 41.3 Å². The molecule has 1 amide bonds. The molecular formula is C23H26N4O3. The first kappa shape index (κ1) is 20.1. The van der Waals surface area contributed by atoms with E-state index >= 15 is 0 Å². The fourth-order valence-electron chi connectivity index (χ4n) is 3.83. The van der Waals surface area contributed by atoms with Crippen LogP contribution in [0, 0.1) is 0 Å². The average Bonchev–Trinajstić information content (AvgIpc) is 3.16. The maximum absolute atomic E-state index is 13.1. The number of amides is 1. The van der Waals surface area contributed by atoms with E-state index in [1.165, 1.54) is 0 Å². The standard InChI is InChI=1S/C23H26N4O3/c1-29-19-11-8-17(9-12-19)10-13-21(28)27-15-4-2-3-7-20(27)23-25-22(26-30-23)18-6-5-14-24-16-18/h5-6,8-9,11-12,14,16,20H,2-4,7,10,13,15H2,1H3. The lowest BCUT2D eigenvalue weighted by molar-refractivity contribution is -0.134. The number of likely N-dealkylation sites (tertiary alicyclic amines) is 1. The van der Waals surface area contributed by atoms with Crippen LogP contribution >= 0.6 is 0 Å². The summed E-state index contributed by atoms with van der Waals surface area (Å²) in [7, 11) is 1.65. The summed E-state index contributed by atoms with van der Waals surface area (Å²) in [5, 5.41) is 4.12. The van der Waals surface area contributed by atoms with Gasteiger partial charge in [0.1, 0.15) is 11.8 Å². The Hall–Kier alpha value is -3.22. The number of aryl methyl sites for hydroxylation is 1. The third kappa shape index (κ3) is 4.67. The molecule has 0 saturated carbocycles. The first-order valence-corrected chi connectivity index (χ1v) is 10.4. The van der Waals surface area contributed by atoms with E-state index in [4.69, 9.17) is 9.26 Å². The molecule has 1 fully saturated rings. The molecule has 1 atom stereocenters. The zero-order valence-corrected chi connectivity index (χ0v) is 17.2. The van der Waals surface area contributed by atoms with Crippen LogP contribution < -0.4 is 4.74 Å². The highest BCUT2D eigenvalue weighted by Gasteiger charge is 2.31. The fourth-order valence-corrected chi connectivity index (χ4v) is 3.83. The molecule has 0 spiro atoms. The molecule has 0 bridgehead atoms. The molecule has 7 nitrogen and oxygen atoms in total. The molecule has 4 rings (SSSR count). The normalized spacial score (nSPS) is 16.8. The number of ether oxygens (including phenoxy) is 1. The summed E-state index contributed by atoms with van der Waals surface area (Å²) in [6.07, 6.45) is 8.53. The lowest BCUT2D eigenvalue weighted by Crippen LogP contribution is -2.35. The lowest BCUT2D eigenvalue weighted by atomic mass is 10.1. The van der Waals surface area contributed by atoms with Crippen LogP contribution in [0.4, 0.5) is 0 Å². The zero-order chi connectivity index (χ0) is 20.8. The van der Waals surface area contributed by atoms with E-state index in [-0.39, 0.29) is 11.9 Å². The third-order valence-electron chi connectivity index (χ3n) is 5.51. The van der Waals surface area contributed by atoms with Gasteiger partial charge in [-0.3, -0.25) is 9.78 Å². The number of benzene rings is 1. The Balaban J connectivity index is 1.47. The van der Waals surface area contributed by atoms with Gasteiger partial charge >= 0.3 is 0 Å². The van der Waals surface area contributed by atoms with Gasteiger partial charge in [-0.1, -0.05) is 30.1 Å². The smallest absolute Gasteiger partial charge is 0.249 e. The molecule has 1 aliphatic heterocycles. The molecule has 3 heterocycles. The third-order valence-corrected chi connectivity index (χ3v) is 5.51. The number of rotatable bonds is 6. The number of carbonyl (C=O) groups excluding carboxylic acids is 1. The predicted octanol–water partition coefficient (Wildman–Crippen LogP) is 4.22. The molecule has 0 radical (unpaired) electrons. The average molecular weight is 406 g/mol. The summed E-state index contributed by atoms with van der Waals surface area (Å²) in [6.45, 7) is 0.719. The molecule has 3 aromatic rings. The number of pyridine rings is 1. The van der Waals surface area contributed by atoms with E-state index in [9.17, 15) is 4.79 Å². The summed E-state index contributed by atoms with van der Waals surface area (Å²) in [5.41, 5.74) is 1.92. The number of aromatic nitrogens is 3. The maximum atomic E-state index is 13.1. The summed E-state index contributed by atoms with van der Waals surface area (Å²) in [4.78, 5) is 23.7. The Bertz CT molecular complexity index is 956. The Morgan fingerprint density at radius 1 is 1.20 bits per heavy atom. The van der Waals surface area contributed by atoms with Gasteiger partial charge in [-0.15, -0.1) is 0 Å². The molecule has 0 N–H and O–H groups in total. The van der Waals surface area contributed by atoms with Crippen molar-refractivity contribution >= 4 is 5.91 Å². The highest BCUT2D eigenvalue weighted by Crippen LogP contribution is 2.31. The van der Waals surface area contributed by atoms with Crippen molar-refractivity contribution in [2.75, 3.05) is 13.7 Å². The monoisotopic (exact) mass is 406 g/mol. The Morgan fingerprint density at radius 3 is 2.83 bits per heavy atom. The van der Waals surface area contributed by atoms with E-state index in [0.29, 0.717) is 24.6 Å². The van der Waals surface area contributed by atoms with Crippen LogP contribution in [0.25, 0.3) is 11.4 Å². The minimum atomic E-state index is -0.172. The van der Waals surface area contributed by atoms with Crippen molar-refractivity contribution in [1.82, 2.24) is 20.0 Å². The van der Waals surface area contributed by atoms with Gasteiger partial charge < -0.3 is 14.2 Å². The van der Waals surface area contributed by atoms with Gasteiger partial charge in [0.2, 0.25) is 17.6 Å². The number of hydrogen-bond acceptors (Lipinski definition) is 6. The molecule has 30 heavy (non-hydrogen) atoms. The van der Waals surface area contributed by atoms with Gasteiger partial charge in [0.05, 0.1) is 7.11 Å². The van der Waals surface area contributed by atoms with E-state index < -0.39 is 0 Å². The first-order chi connectivity index (χ1) is 14.7. The zero-order valence-electron chi connectivity index (χ0n) is 17.2. The van der Waals surface area contributed by atoms with Crippen molar-refractivity contribution in [3.05, 3.63) is 60.2 Å². The van der Waals surface area contributed by atoms with E-state index in [2.05, 4.69) is 15.1 Å². The van der Waals surface area contributed by atoms with Crippen molar-refractivity contribution in [2.45, 2.75) is 44.6 Å². The van der Waals surface area contributed by atoms with Crippen molar-refractivity contribution in [3.63, 3.8) is 0 Å². The number of nitrogens with zero attached hydrogens (tertiary/aromatic N) is 4. The van der Waals surface area contributed by atoms with Gasteiger partial charge in [0.15, 0.2) is 0 Å². The summed E-state index contributed by atoms with van der Waals surface area (Å²) in [6, 6.07) is 11.4. The predicted molar refractivity (Wildman–Crippen MR) is 112 cm³/mol. The minimum absolute atomic E-state index is 0.124. The number of hydrogen-bond donors (Lipinski definition) is 0. The fraction of sp³-hybridized carbons (Fsp3) is 0.391. The highest BCUT2D eigenvalue weighted by molar-refractivity contribution is 5.77. The molecule has 1 aliphatic rings. The largest absolute Gasteiger partial charge is 0.497 e. The molecule has 2 aromatic heterocycles. The van der Waals surface area contributed by atoms with Crippen LogP contribution in [0.5, 0.6) is 5.75 Å². The van der Waals surface area contributed by atoms with Crippen LogP contribution in [0.2, 0.25) is 0 Å². The van der Waals surface area contributed by atoms with E-state index in [0.717, 1.165) is 49.1 Å². The molecular weight excluding hydrogens is 380 g/mol. The number of carbonyl (C=O) groups is 1.